The van der Waals surface area contributed by atoms with Crippen molar-refractivity contribution in [1.82, 2.24) is 16.0 Å². The van der Waals surface area contributed by atoms with Crippen LogP contribution in [0.4, 0.5) is 0 Å². The van der Waals surface area contributed by atoms with Crippen molar-refractivity contribution in [2.45, 2.75) is 44.2 Å². The highest BCUT2D eigenvalue weighted by Gasteiger charge is 2.38. The molecule has 2 unspecified atom stereocenters. The fourth-order valence-corrected chi connectivity index (χ4v) is 2.32. The minimum Gasteiger partial charge on any atom is -0.354 e. The van der Waals surface area contributed by atoms with Crippen molar-refractivity contribution < 1.29 is 9.59 Å². The fraction of sp³-hybridized carbons (Fsp3) is 0.818. The molecule has 0 aromatic carbocycles. The van der Waals surface area contributed by atoms with Gasteiger partial charge in [0.1, 0.15) is 6.04 Å². The van der Waals surface area contributed by atoms with E-state index >= 15 is 0 Å². The van der Waals surface area contributed by atoms with E-state index in [1.165, 1.54) is 0 Å². The van der Waals surface area contributed by atoms with E-state index in [4.69, 9.17) is 0 Å². The first-order valence-corrected chi connectivity index (χ1v) is 5.95. The van der Waals surface area contributed by atoms with Gasteiger partial charge in [0, 0.05) is 6.54 Å². The maximum Gasteiger partial charge on any atom is 0.242 e. The molecule has 2 rings (SSSR count). The van der Waals surface area contributed by atoms with Gasteiger partial charge < -0.3 is 16.0 Å². The second-order valence-corrected chi connectivity index (χ2v) is 4.82. The molecule has 2 aliphatic rings. The number of hydrogen-bond donors (Lipinski definition) is 3. The first-order chi connectivity index (χ1) is 7.62. The smallest absolute Gasteiger partial charge is 0.242 e. The molecule has 90 valence electrons. The average Bonchev–Trinajstić information content (AvgIpc) is 2.70. The van der Waals surface area contributed by atoms with Gasteiger partial charge in [-0.15, -0.1) is 0 Å². The molecule has 2 aliphatic heterocycles. The molecule has 0 aromatic heterocycles. The van der Waals surface area contributed by atoms with Crippen LogP contribution in [-0.4, -0.2) is 36.5 Å². The minimum absolute atomic E-state index is 0.0490. The number of carbonyl (C=O) groups is 2. The van der Waals surface area contributed by atoms with E-state index in [1.807, 2.05) is 6.92 Å². The summed E-state index contributed by atoms with van der Waals surface area (Å²) in [7, 11) is 0. The summed E-state index contributed by atoms with van der Waals surface area (Å²) < 4.78 is 0. The summed E-state index contributed by atoms with van der Waals surface area (Å²) in [6, 6.07) is -0.347. The lowest BCUT2D eigenvalue weighted by molar-refractivity contribution is -0.133. The lowest BCUT2D eigenvalue weighted by atomic mass is 9.97. The molecule has 2 saturated heterocycles. The van der Waals surface area contributed by atoms with Gasteiger partial charge in [-0.1, -0.05) is 0 Å². The maximum atomic E-state index is 12.0. The maximum absolute atomic E-state index is 12.0. The summed E-state index contributed by atoms with van der Waals surface area (Å²) >= 11 is 0. The minimum atomic E-state index is -0.488. The molecule has 2 amide bonds. The Hall–Kier alpha value is -1.10. The van der Waals surface area contributed by atoms with Gasteiger partial charge in [-0.05, 0) is 39.2 Å². The zero-order valence-electron chi connectivity index (χ0n) is 9.64. The van der Waals surface area contributed by atoms with Crippen LogP contribution in [0.2, 0.25) is 0 Å². The summed E-state index contributed by atoms with van der Waals surface area (Å²) in [4.78, 5) is 23.5. The Bertz CT molecular complexity index is 298. The molecule has 2 heterocycles. The van der Waals surface area contributed by atoms with E-state index in [0.717, 1.165) is 38.8 Å². The van der Waals surface area contributed by atoms with E-state index in [0.29, 0.717) is 0 Å². The van der Waals surface area contributed by atoms with Crippen LogP contribution >= 0.6 is 0 Å². The van der Waals surface area contributed by atoms with E-state index < -0.39 is 5.54 Å². The SMILES string of the molecule is CC1(C(=O)NC2CCCNC2=O)CCCN1. The van der Waals surface area contributed by atoms with E-state index in [2.05, 4.69) is 16.0 Å². The molecule has 0 aromatic rings. The zero-order chi connectivity index (χ0) is 11.6. The molecule has 5 nitrogen and oxygen atoms in total. The van der Waals surface area contributed by atoms with Crippen molar-refractivity contribution in [1.29, 1.82) is 0 Å². The topological polar surface area (TPSA) is 70.2 Å². The van der Waals surface area contributed by atoms with Crippen molar-refractivity contribution in [3.63, 3.8) is 0 Å². The molecule has 0 bridgehead atoms. The third-order valence-corrected chi connectivity index (χ3v) is 3.46. The second-order valence-electron chi connectivity index (χ2n) is 4.82. The van der Waals surface area contributed by atoms with Gasteiger partial charge >= 0.3 is 0 Å². The quantitative estimate of drug-likeness (QED) is 0.594. The molecule has 5 heteroatoms. The molecule has 0 radical (unpaired) electrons. The lowest BCUT2D eigenvalue weighted by Crippen LogP contribution is -2.58. The number of rotatable bonds is 2. The number of carbonyl (C=O) groups excluding carboxylic acids is 2. The Balaban J connectivity index is 1.93. The molecular weight excluding hydrogens is 206 g/mol. The van der Waals surface area contributed by atoms with Gasteiger partial charge in [0.2, 0.25) is 11.8 Å². The van der Waals surface area contributed by atoms with Crippen LogP contribution in [0.25, 0.3) is 0 Å². The van der Waals surface area contributed by atoms with Crippen LogP contribution < -0.4 is 16.0 Å². The van der Waals surface area contributed by atoms with Gasteiger partial charge in [0.05, 0.1) is 5.54 Å². The van der Waals surface area contributed by atoms with Crippen LogP contribution in [0, 0.1) is 0 Å². The highest BCUT2D eigenvalue weighted by molar-refractivity contribution is 5.92. The third kappa shape index (κ3) is 2.19. The number of hydrogen-bond acceptors (Lipinski definition) is 3. The summed E-state index contributed by atoms with van der Waals surface area (Å²) in [5.74, 6) is -0.103. The highest BCUT2D eigenvalue weighted by atomic mass is 16.2. The van der Waals surface area contributed by atoms with Crippen LogP contribution in [0.5, 0.6) is 0 Å². The number of amides is 2. The van der Waals surface area contributed by atoms with Gasteiger partial charge in [0.25, 0.3) is 0 Å². The first kappa shape index (κ1) is 11.4. The zero-order valence-corrected chi connectivity index (χ0v) is 9.64. The van der Waals surface area contributed by atoms with Crippen molar-refractivity contribution >= 4 is 11.8 Å². The first-order valence-electron chi connectivity index (χ1n) is 5.95. The van der Waals surface area contributed by atoms with Crippen LogP contribution in [-0.2, 0) is 9.59 Å². The van der Waals surface area contributed by atoms with E-state index in [9.17, 15) is 9.59 Å². The average molecular weight is 225 g/mol. The number of piperidine rings is 1. The molecule has 2 fully saturated rings. The van der Waals surface area contributed by atoms with Crippen molar-refractivity contribution in [2.75, 3.05) is 13.1 Å². The molecule has 0 saturated carbocycles. The van der Waals surface area contributed by atoms with Crippen LogP contribution in [0.1, 0.15) is 32.6 Å². The Morgan fingerprint density at radius 1 is 1.44 bits per heavy atom. The Morgan fingerprint density at radius 3 is 2.88 bits per heavy atom. The van der Waals surface area contributed by atoms with Crippen molar-refractivity contribution in [3.05, 3.63) is 0 Å². The van der Waals surface area contributed by atoms with Crippen molar-refractivity contribution in [3.8, 4) is 0 Å². The molecule has 0 aliphatic carbocycles. The monoisotopic (exact) mass is 225 g/mol. The molecule has 2 atom stereocenters. The lowest BCUT2D eigenvalue weighted by Gasteiger charge is -2.28. The van der Waals surface area contributed by atoms with E-state index in [1.54, 1.807) is 0 Å². The summed E-state index contributed by atoms with van der Waals surface area (Å²) in [5.41, 5.74) is -0.488. The van der Waals surface area contributed by atoms with E-state index in [-0.39, 0.29) is 17.9 Å². The third-order valence-electron chi connectivity index (χ3n) is 3.46. The summed E-state index contributed by atoms with van der Waals surface area (Å²) in [5, 5.41) is 8.80. The normalized spacial score (nSPS) is 34.6. The predicted molar refractivity (Wildman–Crippen MR) is 59.8 cm³/mol. The predicted octanol–water partition coefficient (Wildman–Crippen LogP) is -0.477. The summed E-state index contributed by atoms with van der Waals surface area (Å²) in [6.07, 6.45) is 3.53. The van der Waals surface area contributed by atoms with Crippen LogP contribution in [0.3, 0.4) is 0 Å². The van der Waals surface area contributed by atoms with Gasteiger partial charge in [-0.25, -0.2) is 0 Å². The largest absolute Gasteiger partial charge is 0.354 e. The Labute approximate surface area is 95.3 Å². The standard InChI is InChI=1S/C11H19N3O2/c1-11(5-3-7-13-11)10(16)14-8-4-2-6-12-9(8)15/h8,13H,2-7H2,1H3,(H,12,15)(H,14,16). The molecule has 16 heavy (non-hydrogen) atoms. The number of nitrogens with one attached hydrogen (secondary N) is 3. The second kappa shape index (κ2) is 4.41. The van der Waals surface area contributed by atoms with Crippen LogP contribution in [0.15, 0.2) is 0 Å². The van der Waals surface area contributed by atoms with Gasteiger partial charge in [0.15, 0.2) is 0 Å². The van der Waals surface area contributed by atoms with Crippen molar-refractivity contribution in [2.24, 2.45) is 0 Å². The highest BCUT2D eigenvalue weighted by Crippen LogP contribution is 2.19. The van der Waals surface area contributed by atoms with Gasteiger partial charge in [-0.2, -0.15) is 0 Å². The molecule has 0 spiro atoms. The fourth-order valence-electron chi connectivity index (χ4n) is 2.32. The Morgan fingerprint density at radius 2 is 2.25 bits per heavy atom. The van der Waals surface area contributed by atoms with Gasteiger partial charge in [-0.3, -0.25) is 9.59 Å². The Kier molecular flexibility index (Phi) is 3.14. The molecule has 3 N–H and O–H groups in total. The summed E-state index contributed by atoms with van der Waals surface area (Å²) in [6.45, 7) is 3.50. The molecular formula is C11H19N3O2.